The molecule has 0 spiro atoms. The molecule has 0 fully saturated rings. The van der Waals surface area contributed by atoms with Gasteiger partial charge >= 0.3 is 0 Å². The summed E-state index contributed by atoms with van der Waals surface area (Å²) in [5.41, 5.74) is 1.99. The molecular weight excluding hydrogens is 358 g/mol. The topological polar surface area (TPSA) is 80.3 Å². The van der Waals surface area contributed by atoms with Crippen molar-refractivity contribution >= 4 is 19.9 Å². The van der Waals surface area contributed by atoms with Crippen LogP contribution in [0.2, 0.25) is 0 Å². The quantitative estimate of drug-likeness (QED) is 0.713. The van der Waals surface area contributed by atoms with Crippen molar-refractivity contribution in [2.45, 2.75) is 36.5 Å². The van der Waals surface area contributed by atoms with Crippen LogP contribution in [-0.2, 0) is 19.9 Å². The van der Waals surface area contributed by atoms with E-state index < -0.39 is 19.9 Å². The summed E-state index contributed by atoms with van der Waals surface area (Å²) < 4.78 is 51.2. The van der Waals surface area contributed by atoms with Gasteiger partial charge in [0.1, 0.15) is 0 Å². The first kappa shape index (κ1) is 19.6. The van der Waals surface area contributed by atoms with E-state index in [1.807, 2.05) is 13.8 Å². The Labute approximate surface area is 150 Å². The first-order chi connectivity index (χ1) is 11.7. The number of hydrogen-bond donors (Lipinski definition) is 1. The second-order valence-corrected chi connectivity index (χ2v) is 9.93. The molecule has 0 saturated heterocycles. The smallest absolute Gasteiger partial charge is 0.224 e. The highest BCUT2D eigenvalue weighted by Crippen LogP contribution is 2.14. The van der Waals surface area contributed by atoms with E-state index in [1.54, 1.807) is 48.5 Å². The van der Waals surface area contributed by atoms with E-state index in [0.29, 0.717) is 17.7 Å². The molecular formula is C18H23NO4S2. The van der Waals surface area contributed by atoms with Gasteiger partial charge in [-0.3, -0.25) is 0 Å². The van der Waals surface area contributed by atoms with Crippen LogP contribution in [0.5, 0.6) is 0 Å². The van der Waals surface area contributed by atoms with E-state index >= 15 is 0 Å². The van der Waals surface area contributed by atoms with Crippen molar-refractivity contribution in [2.24, 2.45) is 0 Å². The van der Waals surface area contributed by atoms with Gasteiger partial charge in [-0.2, -0.15) is 0 Å². The molecule has 0 amide bonds. The molecule has 0 aliphatic heterocycles. The van der Waals surface area contributed by atoms with Crippen LogP contribution < -0.4 is 4.72 Å². The Hall–Kier alpha value is -1.70. The summed E-state index contributed by atoms with van der Waals surface area (Å²) >= 11 is 0. The zero-order valence-corrected chi connectivity index (χ0v) is 16.0. The van der Waals surface area contributed by atoms with Crippen LogP contribution in [0.15, 0.2) is 58.3 Å². The number of sulfonamides is 1. The van der Waals surface area contributed by atoms with Gasteiger partial charge in [-0.25, -0.2) is 21.6 Å². The van der Waals surface area contributed by atoms with Crippen molar-refractivity contribution in [3.63, 3.8) is 0 Å². The molecule has 1 N–H and O–H groups in total. The maximum Gasteiger partial charge on any atom is 0.240 e. The number of benzene rings is 2. The average molecular weight is 382 g/mol. The predicted molar refractivity (Wildman–Crippen MR) is 98.8 cm³/mol. The molecule has 7 heteroatoms. The summed E-state index contributed by atoms with van der Waals surface area (Å²) in [6.45, 7) is 3.99. The molecule has 0 unspecified atom stereocenters. The highest BCUT2D eigenvalue weighted by molar-refractivity contribution is 7.91. The van der Waals surface area contributed by atoms with Crippen LogP contribution in [0.3, 0.4) is 0 Å². The van der Waals surface area contributed by atoms with Crippen molar-refractivity contribution in [1.82, 2.24) is 4.72 Å². The van der Waals surface area contributed by atoms with Crippen molar-refractivity contribution in [1.29, 1.82) is 0 Å². The van der Waals surface area contributed by atoms with Crippen molar-refractivity contribution < 1.29 is 16.8 Å². The fourth-order valence-electron chi connectivity index (χ4n) is 2.29. The number of nitrogens with one attached hydrogen (secondary N) is 1. The summed E-state index contributed by atoms with van der Waals surface area (Å²) in [5.74, 6) is 0.00230. The third-order valence-corrected chi connectivity index (χ3v) is 7.14. The van der Waals surface area contributed by atoms with Crippen LogP contribution >= 0.6 is 0 Å². The van der Waals surface area contributed by atoms with E-state index in [-0.39, 0.29) is 17.2 Å². The van der Waals surface area contributed by atoms with Gasteiger partial charge in [0.15, 0.2) is 9.84 Å². The van der Waals surface area contributed by atoms with Gasteiger partial charge in [0.05, 0.1) is 15.5 Å². The van der Waals surface area contributed by atoms with Gasteiger partial charge in [0.25, 0.3) is 0 Å². The van der Waals surface area contributed by atoms with Crippen molar-refractivity contribution in [3.05, 3.63) is 59.7 Å². The van der Waals surface area contributed by atoms with Crippen LogP contribution in [0, 0.1) is 13.8 Å². The van der Waals surface area contributed by atoms with Crippen LogP contribution in [0.4, 0.5) is 0 Å². The summed E-state index contributed by atoms with van der Waals surface area (Å²) in [6, 6.07) is 13.3. The number of hydrogen-bond acceptors (Lipinski definition) is 4. The highest BCUT2D eigenvalue weighted by Gasteiger charge is 2.15. The second kappa shape index (κ2) is 8.12. The predicted octanol–water partition coefficient (Wildman–Crippen LogP) is 2.84. The standard InChI is InChI=1S/C18H23NO4S2/c1-15-5-9-17(10-6-15)24(20,21)14-4-3-13-19-25(22,23)18-11-7-16(2)8-12-18/h5-12,19H,3-4,13-14H2,1-2H3. The average Bonchev–Trinajstić information content (AvgIpc) is 2.55. The molecule has 0 saturated carbocycles. The van der Waals surface area contributed by atoms with Gasteiger partial charge in [0.2, 0.25) is 10.0 Å². The SMILES string of the molecule is Cc1ccc(S(=O)(=O)CCCCNS(=O)(=O)c2ccc(C)cc2)cc1. The van der Waals surface area contributed by atoms with E-state index in [0.717, 1.165) is 11.1 Å². The fourth-order valence-corrected chi connectivity index (χ4v) is 4.73. The number of aryl methyl sites for hydroxylation is 2. The van der Waals surface area contributed by atoms with Gasteiger partial charge in [-0.15, -0.1) is 0 Å². The second-order valence-electron chi connectivity index (χ2n) is 6.05. The molecule has 2 rings (SSSR count). The molecule has 2 aromatic rings. The van der Waals surface area contributed by atoms with Crippen molar-refractivity contribution in [2.75, 3.05) is 12.3 Å². The Balaban J connectivity index is 1.83. The minimum Gasteiger partial charge on any atom is -0.224 e. The highest BCUT2D eigenvalue weighted by atomic mass is 32.2. The van der Waals surface area contributed by atoms with Gasteiger partial charge < -0.3 is 0 Å². The minimum atomic E-state index is -3.55. The van der Waals surface area contributed by atoms with Crippen molar-refractivity contribution in [3.8, 4) is 0 Å². The third kappa shape index (κ3) is 5.66. The Bertz CT molecular complexity index is 823. The van der Waals surface area contributed by atoms with E-state index in [1.165, 1.54) is 0 Å². The molecule has 0 aliphatic carbocycles. The monoisotopic (exact) mass is 381 g/mol. The molecule has 0 bridgehead atoms. The summed E-state index contributed by atoms with van der Waals surface area (Å²) in [5, 5.41) is 0. The Kier molecular flexibility index (Phi) is 6.37. The molecule has 2 aromatic carbocycles. The minimum absolute atomic E-state index is 0.00230. The third-order valence-electron chi connectivity index (χ3n) is 3.84. The first-order valence-electron chi connectivity index (χ1n) is 8.06. The molecule has 0 heterocycles. The molecule has 5 nitrogen and oxygen atoms in total. The largest absolute Gasteiger partial charge is 0.240 e. The molecule has 0 aliphatic rings. The van der Waals surface area contributed by atoms with Crippen LogP contribution in [0.25, 0.3) is 0 Å². The summed E-state index contributed by atoms with van der Waals surface area (Å²) in [6.07, 6.45) is 0.850. The van der Waals surface area contributed by atoms with E-state index in [4.69, 9.17) is 0 Å². The zero-order chi connectivity index (χ0) is 18.5. The van der Waals surface area contributed by atoms with E-state index in [9.17, 15) is 16.8 Å². The molecule has 25 heavy (non-hydrogen) atoms. The Morgan fingerprint density at radius 2 is 1.20 bits per heavy atom. The lowest BCUT2D eigenvalue weighted by Gasteiger charge is -2.08. The molecule has 0 aromatic heterocycles. The van der Waals surface area contributed by atoms with E-state index in [2.05, 4.69) is 4.72 Å². The molecule has 0 radical (unpaired) electrons. The lowest BCUT2D eigenvalue weighted by molar-refractivity contribution is 0.577. The number of unbranched alkanes of at least 4 members (excludes halogenated alkanes) is 1. The number of sulfone groups is 1. The van der Waals surface area contributed by atoms with Gasteiger partial charge in [-0.1, -0.05) is 35.4 Å². The Morgan fingerprint density at radius 3 is 1.72 bits per heavy atom. The van der Waals surface area contributed by atoms with Crippen LogP contribution in [-0.4, -0.2) is 29.1 Å². The maximum absolute atomic E-state index is 12.2. The van der Waals surface area contributed by atoms with Crippen LogP contribution in [0.1, 0.15) is 24.0 Å². The summed E-state index contributed by atoms with van der Waals surface area (Å²) in [4.78, 5) is 0.517. The van der Waals surface area contributed by atoms with Gasteiger partial charge in [-0.05, 0) is 51.0 Å². The fraction of sp³-hybridized carbons (Fsp3) is 0.333. The molecule has 136 valence electrons. The lowest BCUT2D eigenvalue weighted by atomic mass is 10.2. The number of rotatable bonds is 8. The molecule has 0 atom stereocenters. The lowest BCUT2D eigenvalue weighted by Crippen LogP contribution is -2.25. The zero-order valence-electron chi connectivity index (χ0n) is 14.4. The van der Waals surface area contributed by atoms with Gasteiger partial charge in [0, 0.05) is 6.54 Å². The first-order valence-corrected chi connectivity index (χ1v) is 11.2. The maximum atomic E-state index is 12.2. The summed E-state index contributed by atoms with van der Waals surface area (Å²) in [7, 11) is -6.88. The Morgan fingerprint density at radius 1 is 0.720 bits per heavy atom. The normalized spacial score (nSPS) is 12.2.